The zero-order valence-corrected chi connectivity index (χ0v) is 14.4. The van der Waals surface area contributed by atoms with Crippen LogP contribution >= 0.6 is 15.9 Å². The third-order valence-electron chi connectivity index (χ3n) is 3.67. The SMILES string of the molecule is CC(C)(C)c1ccccc1C(Cc1cccc(Br)c1)NN. The number of rotatable bonds is 4. The lowest BCUT2D eigenvalue weighted by molar-refractivity contribution is 0.518. The molecule has 2 nitrogen and oxygen atoms in total. The highest BCUT2D eigenvalue weighted by Gasteiger charge is 2.22. The summed E-state index contributed by atoms with van der Waals surface area (Å²) in [7, 11) is 0. The van der Waals surface area contributed by atoms with E-state index in [4.69, 9.17) is 5.84 Å². The third kappa shape index (κ3) is 4.16. The number of hydrogen-bond donors (Lipinski definition) is 2. The first-order valence-corrected chi connectivity index (χ1v) is 8.01. The Morgan fingerprint density at radius 1 is 1.10 bits per heavy atom. The van der Waals surface area contributed by atoms with Crippen molar-refractivity contribution < 1.29 is 0 Å². The molecule has 0 bridgehead atoms. The fourth-order valence-corrected chi connectivity index (χ4v) is 3.09. The Hall–Kier alpha value is -1.16. The molecular weight excluding hydrogens is 324 g/mol. The Bertz CT molecular complexity index is 602. The van der Waals surface area contributed by atoms with E-state index in [2.05, 4.69) is 84.6 Å². The lowest BCUT2D eigenvalue weighted by Crippen LogP contribution is -2.31. The molecule has 0 heterocycles. The van der Waals surface area contributed by atoms with Crippen LogP contribution in [0.2, 0.25) is 0 Å². The highest BCUT2D eigenvalue weighted by Crippen LogP contribution is 2.31. The van der Waals surface area contributed by atoms with Gasteiger partial charge in [0.05, 0.1) is 6.04 Å². The predicted molar refractivity (Wildman–Crippen MR) is 93.1 cm³/mol. The number of halogens is 1. The highest BCUT2D eigenvalue weighted by molar-refractivity contribution is 9.10. The van der Waals surface area contributed by atoms with Crippen molar-refractivity contribution in [2.75, 3.05) is 0 Å². The van der Waals surface area contributed by atoms with Crippen LogP contribution in [0.15, 0.2) is 53.0 Å². The average molecular weight is 347 g/mol. The summed E-state index contributed by atoms with van der Waals surface area (Å²) in [5.74, 6) is 5.84. The van der Waals surface area contributed by atoms with E-state index < -0.39 is 0 Å². The van der Waals surface area contributed by atoms with Crippen LogP contribution in [0.3, 0.4) is 0 Å². The van der Waals surface area contributed by atoms with Crippen LogP contribution in [0, 0.1) is 0 Å². The van der Waals surface area contributed by atoms with Crippen molar-refractivity contribution in [3.63, 3.8) is 0 Å². The molecule has 0 fully saturated rings. The first kappa shape index (κ1) is 16.2. The van der Waals surface area contributed by atoms with Gasteiger partial charge in [0, 0.05) is 4.47 Å². The highest BCUT2D eigenvalue weighted by atomic mass is 79.9. The first-order chi connectivity index (χ1) is 9.91. The maximum atomic E-state index is 5.84. The molecule has 0 aliphatic rings. The average Bonchev–Trinajstić information content (AvgIpc) is 2.44. The first-order valence-electron chi connectivity index (χ1n) is 7.22. The molecule has 0 spiro atoms. The molecule has 3 N–H and O–H groups in total. The second-order valence-corrected chi connectivity index (χ2v) is 7.31. The van der Waals surface area contributed by atoms with Gasteiger partial charge in [-0.05, 0) is 40.7 Å². The minimum absolute atomic E-state index is 0.100. The largest absolute Gasteiger partial charge is 0.271 e. The van der Waals surface area contributed by atoms with E-state index >= 15 is 0 Å². The molecule has 0 radical (unpaired) electrons. The van der Waals surface area contributed by atoms with E-state index in [9.17, 15) is 0 Å². The second-order valence-electron chi connectivity index (χ2n) is 6.39. The van der Waals surface area contributed by atoms with Crippen LogP contribution in [-0.4, -0.2) is 0 Å². The standard InChI is InChI=1S/C18H23BrN2/c1-18(2,3)16-10-5-4-9-15(16)17(21-20)12-13-7-6-8-14(19)11-13/h4-11,17,21H,12,20H2,1-3H3. The summed E-state index contributed by atoms with van der Waals surface area (Å²) in [6.45, 7) is 6.70. The minimum atomic E-state index is 0.100. The van der Waals surface area contributed by atoms with Crippen molar-refractivity contribution in [2.24, 2.45) is 5.84 Å². The van der Waals surface area contributed by atoms with Crippen LogP contribution in [0.1, 0.15) is 43.5 Å². The summed E-state index contributed by atoms with van der Waals surface area (Å²) in [5.41, 5.74) is 6.95. The van der Waals surface area contributed by atoms with Gasteiger partial charge in [0.25, 0.3) is 0 Å². The molecule has 3 heteroatoms. The van der Waals surface area contributed by atoms with Crippen LogP contribution in [0.4, 0.5) is 0 Å². The topological polar surface area (TPSA) is 38.0 Å². The Morgan fingerprint density at radius 2 is 1.81 bits per heavy atom. The van der Waals surface area contributed by atoms with E-state index in [1.54, 1.807) is 0 Å². The maximum Gasteiger partial charge on any atom is 0.0503 e. The molecule has 2 aromatic carbocycles. The Morgan fingerprint density at radius 3 is 2.43 bits per heavy atom. The zero-order valence-electron chi connectivity index (χ0n) is 12.9. The van der Waals surface area contributed by atoms with Crippen LogP contribution in [-0.2, 0) is 11.8 Å². The van der Waals surface area contributed by atoms with E-state index in [0.29, 0.717) is 0 Å². The summed E-state index contributed by atoms with van der Waals surface area (Å²) in [6.07, 6.45) is 0.864. The lowest BCUT2D eigenvalue weighted by atomic mass is 9.81. The molecule has 21 heavy (non-hydrogen) atoms. The van der Waals surface area contributed by atoms with Gasteiger partial charge in [0.2, 0.25) is 0 Å². The van der Waals surface area contributed by atoms with Crippen molar-refractivity contribution in [3.05, 3.63) is 69.7 Å². The molecular formula is C18H23BrN2. The van der Waals surface area contributed by atoms with Gasteiger partial charge in [-0.1, -0.05) is 73.1 Å². The zero-order chi connectivity index (χ0) is 15.5. The summed E-state index contributed by atoms with van der Waals surface area (Å²) >= 11 is 3.52. The van der Waals surface area contributed by atoms with Crippen molar-refractivity contribution >= 4 is 15.9 Å². The molecule has 0 saturated carbocycles. The van der Waals surface area contributed by atoms with E-state index in [0.717, 1.165) is 10.9 Å². The van der Waals surface area contributed by atoms with Crippen LogP contribution < -0.4 is 11.3 Å². The molecule has 2 aromatic rings. The smallest absolute Gasteiger partial charge is 0.0503 e. The fraction of sp³-hybridized carbons (Fsp3) is 0.333. The van der Waals surface area contributed by atoms with Crippen molar-refractivity contribution in [1.29, 1.82) is 0 Å². The molecule has 112 valence electrons. The van der Waals surface area contributed by atoms with Crippen molar-refractivity contribution in [3.8, 4) is 0 Å². The third-order valence-corrected chi connectivity index (χ3v) is 4.17. The van der Waals surface area contributed by atoms with Gasteiger partial charge in [-0.25, -0.2) is 0 Å². The molecule has 0 saturated heterocycles. The molecule has 0 amide bonds. The molecule has 2 rings (SSSR count). The normalized spacial score (nSPS) is 13.2. The summed E-state index contributed by atoms with van der Waals surface area (Å²) in [6, 6.07) is 17.0. The van der Waals surface area contributed by atoms with Crippen molar-refractivity contribution in [1.82, 2.24) is 5.43 Å². The number of benzene rings is 2. The van der Waals surface area contributed by atoms with Gasteiger partial charge in [0.15, 0.2) is 0 Å². The maximum absolute atomic E-state index is 5.84. The molecule has 0 aliphatic carbocycles. The molecule has 1 unspecified atom stereocenters. The summed E-state index contributed by atoms with van der Waals surface area (Å²) in [4.78, 5) is 0. The van der Waals surface area contributed by atoms with Crippen molar-refractivity contribution in [2.45, 2.75) is 38.6 Å². The lowest BCUT2D eigenvalue weighted by Gasteiger charge is -2.27. The second kappa shape index (κ2) is 6.73. The van der Waals surface area contributed by atoms with Crippen LogP contribution in [0.5, 0.6) is 0 Å². The molecule has 1 atom stereocenters. The van der Waals surface area contributed by atoms with Gasteiger partial charge in [-0.2, -0.15) is 0 Å². The monoisotopic (exact) mass is 346 g/mol. The fourth-order valence-electron chi connectivity index (χ4n) is 2.64. The molecule has 0 aromatic heterocycles. The molecule has 0 aliphatic heterocycles. The van der Waals surface area contributed by atoms with Gasteiger partial charge in [0.1, 0.15) is 0 Å². The Balaban J connectivity index is 2.34. The minimum Gasteiger partial charge on any atom is -0.271 e. The quantitative estimate of drug-likeness (QED) is 0.632. The number of hydrazine groups is 1. The summed E-state index contributed by atoms with van der Waals surface area (Å²) in [5, 5.41) is 0. The number of nitrogens with one attached hydrogen (secondary N) is 1. The van der Waals surface area contributed by atoms with E-state index in [-0.39, 0.29) is 11.5 Å². The van der Waals surface area contributed by atoms with Gasteiger partial charge in [-0.15, -0.1) is 0 Å². The van der Waals surface area contributed by atoms with E-state index in [1.165, 1.54) is 16.7 Å². The van der Waals surface area contributed by atoms with Crippen LogP contribution in [0.25, 0.3) is 0 Å². The number of nitrogens with two attached hydrogens (primary N) is 1. The Labute approximate surface area is 135 Å². The number of hydrogen-bond acceptors (Lipinski definition) is 2. The van der Waals surface area contributed by atoms with Gasteiger partial charge >= 0.3 is 0 Å². The van der Waals surface area contributed by atoms with Gasteiger partial charge < -0.3 is 0 Å². The van der Waals surface area contributed by atoms with E-state index in [1.807, 2.05) is 6.07 Å². The Kier molecular flexibility index (Phi) is 5.20. The van der Waals surface area contributed by atoms with Gasteiger partial charge in [-0.3, -0.25) is 11.3 Å². The predicted octanol–water partition coefficient (Wildman–Crippen LogP) is 4.49. The summed E-state index contributed by atoms with van der Waals surface area (Å²) < 4.78 is 1.10.